The lowest BCUT2D eigenvalue weighted by molar-refractivity contribution is 0.137. The van der Waals surface area contributed by atoms with Crippen molar-refractivity contribution in [2.75, 3.05) is 0 Å². The second-order valence-corrected chi connectivity index (χ2v) is 7.02. The lowest BCUT2D eigenvalue weighted by Crippen LogP contribution is -2.04. The molecule has 24 heavy (non-hydrogen) atoms. The van der Waals surface area contributed by atoms with Gasteiger partial charge in [0, 0.05) is 0 Å². The van der Waals surface area contributed by atoms with Crippen LogP contribution >= 0.6 is 0 Å². The van der Waals surface area contributed by atoms with Crippen LogP contribution in [0.5, 0.6) is 0 Å². The van der Waals surface area contributed by atoms with Crippen molar-refractivity contribution >= 4 is 6.16 Å². The van der Waals surface area contributed by atoms with Crippen LogP contribution in [0.15, 0.2) is 47.6 Å². The first-order valence-corrected chi connectivity index (χ1v) is 8.67. The molecule has 2 atom stereocenters. The van der Waals surface area contributed by atoms with Crippen molar-refractivity contribution in [3.05, 3.63) is 47.6 Å². The molecule has 0 bridgehead atoms. The third kappa shape index (κ3) is 10.9. The van der Waals surface area contributed by atoms with Gasteiger partial charge in [-0.25, -0.2) is 4.79 Å². The molecule has 2 rings (SSSR count). The largest absolute Gasteiger partial charge is 0.503 e. The second-order valence-electron chi connectivity index (χ2n) is 7.02. The van der Waals surface area contributed by atoms with Crippen molar-refractivity contribution in [2.45, 2.75) is 66.2 Å². The van der Waals surface area contributed by atoms with Gasteiger partial charge >= 0.3 is 6.16 Å². The van der Waals surface area contributed by atoms with E-state index in [4.69, 9.17) is 15.0 Å². The maximum absolute atomic E-state index is 8.56. The first-order chi connectivity index (χ1) is 11.1. The van der Waals surface area contributed by atoms with Crippen LogP contribution in [0.25, 0.3) is 0 Å². The molecule has 0 saturated carbocycles. The first-order valence-electron chi connectivity index (χ1n) is 8.67. The third-order valence-electron chi connectivity index (χ3n) is 4.67. The fourth-order valence-electron chi connectivity index (χ4n) is 2.83. The molecule has 0 spiro atoms. The van der Waals surface area contributed by atoms with Crippen molar-refractivity contribution in [2.24, 2.45) is 11.8 Å². The minimum absolute atomic E-state index is 0.767. The highest BCUT2D eigenvalue weighted by atomic mass is 16.6. The number of hydrogen-bond acceptors (Lipinski definition) is 1. The SMILES string of the molecule is C=C(C)C1CC=C(C)CC1.C=C(C)C1CC=C(C)CC1.O=C(O)O. The molecule has 2 aliphatic carbocycles. The van der Waals surface area contributed by atoms with Crippen LogP contribution in [0.3, 0.4) is 0 Å². The number of rotatable bonds is 2. The molecule has 0 heterocycles. The summed E-state index contributed by atoms with van der Waals surface area (Å²) in [5.74, 6) is 1.53. The Kier molecular flexibility index (Phi) is 10.9. The van der Waals surface area contributed by atoms with Crippen LogP contribution in [0.4, 0.5) is 4.79 Å². The molecule has 0 aromatic rings. The average molecular weight is 335 g/mol. The van der Waals surface area contributed by atoms with Crippen molar-refractivity contribution in [3.63, 3.8) is 0 Å². The van der Waals surface area contributed by atoms with Gasteiger partial charge in [-0.3, -0.25) is 0 Å². The van der Waals surface area contributed by atoms with Crippen LogP contribution in [0.1, 0.15) is 66.2 Å². The van der Waals surface area contributed by atoms with E-state index < -0.39 is 6.16 Å². The van der Waals surface area contributed by atoms with Gasteiger partial charge < -0.3 is 10.2 Å². The van der Waals surface area contributed by atoms with Gasteiger partial charge in [-0.1, -0.05) is 47.6 Å². The van der Waals surface area contributed by atoms with E-state index in [2.05, 4.69) is 53.0 Å². The van der Waals surface area contributed by atoms with Crippen molar-refractivity contribution in [3.8, 4) is 0 Å². The fourth-order valence-corrected chi connectivity index (χ4v) is 2.83. The summed E-state index contributed by atoms with van der Waals surface area (Å²) in [4.78, 5) is 8.56. The number of carbonyl (C=O) groups is 1. The van der Waals surface area contributed by atoms with Crippen molar-refractivity contribution in [1.82, 2.24) is 0 Å². The van der Waals surface area contributed by atoms with E-state index in [-0.39, 0.29) is 0 Å². The Hall–Kier alpha value is -1.77. The molecule has 3 heteroatoms. The van der Waals surface area contributed by atoms with E-state index in [9.17, 15) is 0 Å². The summed E-state index contributed by atoms with van der Waals surface area (Å²) in [5.41, 5.74) is 5.81. The molecule has 0 aliphatic heterocycles. The van der Waals surface area contributed by atoms with Gasteiger partial charge in [0.15, 0.2) is 0 Å². The molecule has 3 nitrogen and oxygen atoms in total. The minimum atomic E-state index is -1.83. The second kappa shape index (κ2) is 11.7. The molecule has 0 saturated heterocycles. The van der Waals surface area contributed by atoms with E-state index in [1.54, 1.807) is 11.1 Å². The summed E-state index contributed by atoms with van der Waals surface area (Å²) in [6, 6.07) is 0. The van der Waals surface area contributed by atoms with Crippen molar-refractivity contribution in [1.29, 1.82) is 0 Å². The van der Waals surface area contributed by atoms with E-state index in [0.717, 1.165) is 11.8 Å². The summed E-state index contributed by atoms with van der Waals surface area (Å²) in [5, 5.41) is 13.9. The minimum Gasteiger partial charge on any atom is -0.450 e. The van der Waals surface area contributed by atoms with Gasteiger partial charge in [0.2, 0.25) is 0 Å². The molecule has 0 fully saturated rings. The highest BCUT2D eigenvalue weighted by molar-refractivity contribution is 5.53. The summed E-state index contributed by atoms with van der Waals surface area (Å²) in [6.45, 7) is 16.7. The lowest BCUT2D eigenvalue weighted by Gasteiger charge is -2.19. The zero-order valence-corrected chi connectivity index (χ0v) is 15.8. The summed E-state index contributed by atoms with van der Waals surface area (Å²) in [6.07, 6.45) is 10.5. The highest BCUT2D eigenvalue weighted by Gasteiger charge is 2.12. The van der Waals surface area contributed by atoms with Crippen LogP contribution < -0.4 is 0 Å². The third-order valence-corrected chi connectivity index (χ3v) is 4.67. The van der Waals surface area contributed by atoms with Gasteiger partial charge in [0.25, 0.3) is 0 Å². The molecule has 2 N–H and O–H groups in total. The molecule has 0 aromatic carbocycles. The predicted molar refractivity (Wildman–Crippen MR) is 102 cm³/mol. The molecular weight excluding hydrogens is 300 g/mol. The van der Waals surface area contributed by atoms with Gasteiger partial charge in [0.1, 0.15) is 0 Å². The molecule has 0 aromatic heterocycles. The van der Waals surface area contributed by atoms with Gasteiger partial charge in [0.05, 0.1) is 0 Å². The zero-order valence-electron chi connectivity index (χ0n) is 15.8. The Morgan fingerprint density at radius 3 is 1.38 bits per heavy atom. The maximum Gasteiger partial charge on any atom is 0.503 e. The van der Waals surface area contributed by atoms with Gasteiger partial charge in [-0.05, 0) is 78.1 Å². The summed E-state index contributed by atoms with van der Waals surface area (Å²) in [7, 11) is 0. The Morgan fingerprint density at radius 2 is 1.21 bits per heavy atom. The van der Waals surface area contributed by atoms with Crippen LogP contribution in [-0.4, -0.2) is 16.4 Å². The Bertz CT molecular complexity index is 453. The first kappa shape index (κ1) is 22.2. The maximum atomic E-state index is 8.56. The Balaban J connectivity index is 0.000000363. The Labute approximate surface area is 147 Å². The van der Waals surface area contributed by atoms with Crippen LogP contribution in [0.2, 0.25) is 0 Å². The predicted octanol–water partition coefficient (Wildman–Crippen LogP) is 6.84. The molecule has 136 valence electrons. The molecule has 0 amide bonds. The topological polar surface area (TPSA) is 57.5 Å². The normalized spacial score (nSPS) is 22.5. The Morgan fingerprint density at radius 1 is 0.917 bits per heavy atom. The quantitative estimate of drug-likeness (QED) is 0.543. The van der Waals surface area contributed by atoms with Crippen LogP contribution in [0, 0.1) is 11.8 Å². The molecule has 2 aliphatic rings. The molecule has 2 unspecified atom stereocenters. The molecule has 0 radical (unpaired) electrons. The average Bonchev–Trinajstić information content (AvgIpc) is 2.48. The highest BCUT2D eigenvalue weighted by Crippen LogP contribution is 2.28. The summed E-state index contributed by atoms with van der Waals surface area (Å²) < 4.78 is 0. The number of carboxylic acid groups (broad SMARTS) is 2. The molecular formula is C21H34O3. The van der Waals surface area contributed by atoms with E-state index >= 15 is 0 Å². The van der Waals surface area contributed by atoms with E-state index in [1.807, 2.05) is 0 Å². The monoisotopic (exact) mass is 334 g/mol. The number of allylic oxidation sites excluding steroid dienone is 6. The van der Waals surface area contributed by atoms with E-state index in [0.29, 0.717) is 0 Å². The zero-order chi connectivity index (χ0) is 18.7. The van der Waals surface area contributed by atoms with Crippen molar-refractivity contribution < 1.29 is 15.0 Å². The van der Waals surface area contributed by atoms with Gasteiger partial charge in [-0.2, -0.15) is 0 Å². The van der Waals surface area contributed by atoms with E-state index in [1.165, 1.54) is 49.7 Å². The standard InChI is InChI=1S/2C10H16.CH2O3/c2*1-8(2)10-6-4-9(3)5-7-10;2-1(3)4/h2*4,10H,1,5-7H2,2-3H3;(H2,2,3,4). The van der Waals surface area contributed by atoms with Crippen LogP contribution in [-0.2, 0) is 0 Å². The fraction of sp³-hybridized carbons (Fsp3) is 0.571. The van der Waals surface area contributed by atoms with Gasteiger partial charge in [-0.15, -0.1) is 0 Å². The lowest BCUT2D eigenvalue weighted by atomic mass is 9.86. The summed E-state index contributed by atoms with van der Waals surface area (Å²) >= 11 is 0. The number of hydrogen-bond donors (Lipinski definition) is 2. The smallest absolute Gasteiger partial charge is 0.450 e.